The molecule has 1 N–H and O–H groups in total. The van der Waals surface area contributed by atoms with E-state index in [0.717, 1.165) is 48.4 Å². The first-order valence-corrected chi connectivity index (χ1v) is 6.89. The van der Waals surface area contributed by atoms with Crippen molar-refractivity contribution in [3.8, 4) is 5.75 Å². The first kappa shape index (κ1) is 14.1. The third kappa shape index (κ3) is 2.52. The molecule has 19 heavy (non-hydrogen) atoms. The van der Waals surface area contributed by atoms with E-state index >= 15 is 0 Å². The van der Waals surface area contributed by atoms with E-state index in [9.17, 15) is 4.79 Å². The Bertz CT molecular complexity index is 488. The van der Waals surface area contributed by atoms with Crippen LogP contribution < -0.4 is 10.1 Å². The first-order chi connectivity index (χ1) is 8.99. The highest BCUT2D eigenvalue weighted by atomic mass is 16.5. The quantitative estimate of drug-likeness (QED) is 0.850. The van der Waals surface area contributed by atoms with Crippen LogP contribution in [0.25, 0.3) is 0 Å². The van der Waals surface area contributed by atoms with Gasteiger partial charge in [0, 0.05) is 12.0 Å². The number of piperidine rings is 1. The second-order valence-corrected chi connectivity index (χ2v) is 5.76. The van der Waals surface area contributed by atoms with Crippen LogP contribution in [0.2, 0.25) is 0 Å². The molecule has 3 nitrogen and oxygen atoms in total. The number of rotatable bonds is 3. The minimum absolute atomic E-state index is 0.194. The third-order valence-corrected chi connectivity index (χ3v) is 4.27. The van der Waals surface area contributed by atoms with Gasteiger partial charge < -0.3 is 10.1 Å². The zero-order valence-corrected chi connectivity index (χ0v) is 12.3. The Kier molecular flexibility index (Phi) is 3.95. The second kappa shape index (κ2) is 5.33. The zero-order chi connectivity index (χ0) is 14.0. The molecule has 1 aromatic rings. The predicted octanol–water partition coefficient (Wildman–Crippen LogP) is 2.88. The monoisotopic (exact) mass is 261 g/mol. The van der Waals surface area contributed by atoms with Crippen LogP contribution in [0, 0.1) is 19.3 Å². The van der Waals surface area contributed by atoms with Crippen LogP contribution in [0.1, 0.15) is 41.3 Å². The van der Waals surface area contributed by atoms with Crippen LogP contribution in [0.3, 0.4) is 0 Å². The molecular weight excluding hydrogens is 238 g/mol. The molecule has 0 amide bonds. The van der Waals surface area contributed by atoms with Gasteiger partial charge in [0.25, 0.3) is 0 Å². The van der Waals surface area contributed by atoms with E-state index in [4.69, 9.17) is 4.74 Å². The fourth-order valence-corrected chi connectivity index (χ4v) is 2.81. The van der Waals surface area contributed by atoms with Crippen molar-refractivity contribution in [2.24, 2.45) is 5.41 Å². The normalized spacial score (nSPS) is 23.2. The lowest BCUT2D eigenvalue weighted by molar-refractivity contribution is 0.0769. The molecule has 3 heteroatoms. The molecule has 0 radical (unpaired) electrons. The Hall–Kier alpha value is -1.35. The number of carbonyl (C=O) groups is 1. The number of hydrogen-bond donors (Lipinski definition) is 1. The van der Waals surface area contributed by atoms with Crippen molar-refractivity contribution in [1.82, 2.24) is 5.32 Å². The van der Waals surface area contributed by atoms with E-state index in [-0.39, 0.29) is 11.2 Å². The SMILES string of the molecule is COc1c(C(=O)C2(C)CCCNC2)ccc(C)c1C. The van der Waals surface area contributed by atoms with Crippen molar-refractivity contribution < 1.29 is 9.53 Å². The van der Waals surface area contributed by atoms with Gasteiger partial charge in [0.15, 0.2) is 5.78 Å². The summed E-state index contributed by atoms with van der Waals surface area (Å²) < 4.78 is 5.47. The molecule has 1 heterocycles. The molecule has 1 aromatic carbocycles. The Morgan fingerprint density at radius 1 is 1.37 bits per heavy atom. The topological polar surface area (TPSA) is 38.3 Å². The summed E-state index contributed by atoms with van der Waals surface area (Å²) in [6.07, 6.45) is 1.99. The summed E-state index contributed by atoms with van der Waals surface area (Å²) in [5, 5.41) is 3.33. The summed E-state index contributed by atoms with van der Waals surface area (Å²) in [5.74, 6) is 0.927. The molecule has 0 aromatic heterocycles. The summed E-state index contributed by atoms with van der Waals surface area (Å²) in [6.45, 7) is 7.85. The number of nitrogens with one attached hydrogen (secondary N) is 1. The van der Waals surface area contributed by atoms with E-state index in [2.05, 4.69) is 12.2 Å². The predicted molar refractivity (Wildman–Crippen MR) is 77.0 cm³/mol. The van der Waals surface area contributed by atoms with Crippen LogP contribution in [0.4, 0.5) is 0 Å². The van der Waals surface area contributed by atoms with Gasteiger partial charge in [0.05, 0.1) is 12.7 Å². The minimum Gasteiger partial charge on any atom is -0.496 e. The van der Waals surface area contributed by atoms with Gasteiger partial charge in [-0.15, -0.1) is 0 Å². The summed E-state index contributed by atoms with van der Waals surface area (Å²) in [7, 11) is 1.64. The lowest BCUT2D eigenvalue weighted by Crippen LogP contribution is -2.43. The first-order valence-electron chi connectivity index (χ1n) is 6.89. The average Bonchev–Trinajstić information content (AvgIpc) is 2.41. The smallest absolute Gasteiger partial charge is 0.173 e. The van der Waals surface area contributed by atoms with Gasteiger partial charge in [-0.1, -0.05) is 13.0 Å². The van der Waals surface area contributed by atoms with Gasteiger partial charge in [-0.05, 0) is 50.4 Å². The fraction of sp³-hybridized carbons (Fsp3) is 0.562. The Balaban J connectivity index is 2.41. The molecule has 1 unspecified atom stereocenters. The van der Waals surface area contributed by atoms with E-state index in [1.165, 1.54) is 0 Å². The van der Waals surface area contributed by atoms with Gasteiger partial charge in [-0.2, -0.15) is 0 Å². The highest BCUT2D eigenvalue weighted by molar-refractivity contribution is 6.03. The summed E-state index contributed by atoms with van der Waals surface area (Å²) in [6, 6.07) is 3.91. The molecule has 1 fully saturated rings. The molecule has 1 atom stereocenters. The van der Waals surface area contributed by atoms with Crippen molar-refractivity contribution in [3.63, 3.8) is 0 Å². The van der Waals surface area contributed by atoms with Crippen molar-refractivity contribution in [2.75, 3.05) is 20.2 Å². The number of ketones is 1. The van der Waals surface area contributed by atoms with Crippen LogP contribution in [-0.4, -0.2) is 26.0 Å². The highest BCUT2D eigenvalue weighted by Crippen LogP contribution is 2.35. The number of benzene rings is 1. The number of hydrogen-bond acceptors (Lipinski definition) is 3. The molecule has 0 saturated carbocycles. The zero-order valence-electron chi connectivity index (χ0n) is 12.3. The summed E-state index contributed by atoms with van der Waals surface area (Å²) >= 11 is 0. The lowest BCUT2D eigenvalue weighted by Gasteiger charge is -2.33. The Labute approximate surface area is 115 Å². The Morgan fingerprint density at radius 2 is 2.11 bits per heavy atom. The maximum atomic E-state index is 12.8. The van der Waals surface area contributed by atoms with Gasteiger partial charge in [0.2, 0.25) is 0 Å². The standard InChI is InChI=1S/C16H23NO2/c1-11-6-7-13(14(19-4)12(11)2)15(18)16(3)8-5-9-17-10-16/h6-7,17H,5,8-10H2,1-4H3. The Morgan fingerprint density at radius 3 is 2.68 bits per heavy atom. The molecule has 0 aliphatic carbocycles. The molecule has 1 aliphatic heterocycles. The van der Waals surface area contributed by atoms with Crippen molar-refractivity contribution in [1.29, 1.82) is 0 Å². The lowest BCUT2D eigenvalue weighted by atomic mass is 9.76. The van der Waals surface area contributed by atoms with Crippen LogP contribution in [0.15, 0.2) is 12.1 Å². The van der Waals surface area contributed by atoms with Gasteiger partial charge in [0.1, 0.15) is 5.75 Å². The van der Waals surface area contributed by atoms with Crippen molar-refractivity contribution in [3.05, 3.63) is 28.8 Å². The summed E-state index contributed by atoms with van der Waals surface area (Å²) in [5.41, 5.74) is 2.62. The maximum Gasteiger partial charge on any atom is 0.173 e. The highest BCUT2D eigenvalue weighted by Gasteiger charge is 2.36. The number of carbonyl (C=O) groups excluding carboxylic acids is 1. The van der Waals surface area contributed by atoms with Crippen LogP contribution >= 0.6 is 0 Å². The molecule has 0 bridgehead atoms. The van der Waals surface area contributed by atoms with Crippen molar-refractivity contribution >= 4 is 5.78 Å². The number of Topliss-reactive ketones (excluding diaryl/α,β-unsaturated/α-hetero) is 1. The third-order valence-electron chi connectivity index (χ3n) is 4.27. The van der Waals surface area contributed by atoms with E-state index in [1.807, 2.05) is 26.0 Å². The minimum atomic E-state index is -0.312. The second-order valence-electron chi connectivity index (χ2n) is 5.76. The molecule has 2 rings (SSSR count). The van der Waals surface area contributed by atoms with E-state index < -0.39 is 0 Å². The average molecular weight is 261 g/mol. The molecule has 1 saturated heterocycles. The van der Waals surface area contributed by atoms with E-state index in [0.29, 0.717) is 0 Å². The number of ether oxygens (including phenoxy) is 1. The molecular formula is C16H23NO2. The van der Waals surface area contributed by atoms with Crippen LogP contribution in [-0.2, 0) is 0 Å². The van der Waals surface area contributed by atoms with Crippen molar-refractivity contribution in [2.45, 2.75) is 33.6 Å². The van der Waals surface area contributed by atoms with Crippen LogP contribution in [0.5, 0.6) is 5.75 Å². The van der Waals surface area contributed by atoms with Gasteiger partial charge in [-0.25, -0.2) is 0 Å². The number of aryl methyl sites for hydroxylation is 1. The molecule has 1 aliphatic rings. The van der Waals surface area contributed by atoms with Gasteiger partial charge >= 0.3 is 0 Å². The molecule has 104 valence electrons. The fourth-order valence-electron chi connectivity index (χ4n) is 2.81. The maximum absolute atomic E-state index is 12.8. The van der Waals surface area contributed by atoms with E-state index in [1.54, 1.807) is 7.11 Å². The summed E-state index contributed by atoms with van der Waals surface area (Å²) in [4.78, 5) is 12.8. The van der Waals surface area contributed by atoms with Gasteiger partial charge in [-0.3, -0.25) is 4.79 Å². The molecule has 0 spiro atoms. The number of methoxy groups -OCH3 is 1. The largest absolute Gasteiger partial charge is 0.496 e.